The highest BCUT2D eigenvalue weighted by molar-refractivity contribution is 5.94. The van der Waals surface area contributed by atoms with Crippen molar-refractivity contribution in [1.29, 1.82) is 0 Å². The van der Waals surface area contributed by atoms with Crippen LogP contribution in [0.2, 0.25) is 0 Å². The zero-order valence-electron chi connectivity index (χ0n) is 13.4. The van der Waals surface area contributed by atoms with Crippen LogP contribution in [0.5, 0.6) is 0 Å². The molecule has 122 valence electrons. The summed E-state index contributed by atoms with van der Waals surface area (Å²) < 4.78 is 1.80. The van der Waals surface area contributed by atoms with E-state index in [-0.39, 0.29) is 17.9 Å². The zero-order valence-corrected chi connectivity index (χ0v) is 13.4. The van der Waals surface area contributed by atoms with Crippen molar-refractivity contribution in [3.63, 3.8) is 0 Å². The fourth-order valence-corrected chi connectivity index (χ4v) is 3.27. The van der Waals surface area contributed by atoms with Crippen molar-refractivity contribution in [1.82, 2.24) is 20.1 Å². The van der Waals surface area contributed by atoms with Crippen LogP contribution in [0.1, 0.15) is 47.2 Å². The Morgan fingerprint density at radius 2 is 2.04 bits per heavy atom. The summed E-state index contributed by atoms with van der Waals surface area (Å²) in [6.45, 7) is 1.87. The SMILES string of the molecule is Cc1nc([C@H]2CC[C@@H](O)[C@H](NC(=O)c3ccccc3)C2)n(C)n1. The van der Waals surface area contributed by atoms with Gasteiger partial charge < -0.3 is 10.4 Å². The lowest BCUT2D eigenvalue weighted by molar-refractivity contribution is 0.0669. The fraction of sp³-hybridized carbons (Fsp3) is 0.471. The largest absolute Gasteiger partial charge is 0.391 e. The Balaban J connectivity index is 1.71. The molecule has 3 rings (SSSR count). The molecule has 1 aliphatic rings. The number of nitrogens with one attached hydrogen (secondary N) is 1. The second kappa shape index (κ2) is 6.50. The van der Waals surface area contributed by atoms with E-state index in [4.69, 9.17) is 0 Å². The van der Waals surface area contributed by atoms with E-state index in [1.165, 1.54) is 0 Å². The van der Waals surface area contributed by atoms with Gasteiger partial charge in [0.15, 0.2) is 0 Å². The van der Waals surface area contributed by atoms with Gasteiger partial charge in [-0.1, -0.05) is 18.2 Å². The van der Waals surface area contributed by atoms with Crippen LogP contribution in [0, 0.1) is 6.92 Å². The summed E-state index contributed by atoms with van der Waals surface area (Å²) in [6, 6.07) is 8.81. The lowest BCUT2D eigenvalue weighted by Gasteiger charge is -2.33. The number of aryl methyl sites for hydroxylation is 2. The number of aliphatic hydroxyl groups is 1. The molecular formula is C17H22N4O2. The number of rotatable bonds is 3. The molecule has 3 atom stereocenters. The number of amides is 1. The molecule has 6 nitrogen and oxygen atoms in total. The third-order valence-corrected chi connectivity index (χ3v) is 4.43. The summed E-state index contributed by atoms with van der Waals surface area (Å²) in [4.78, 5) is 16.8. The highest BCUT2D eigenvalue weighted by atomic mass is 16.3. The van der Waals surface area contributed by atoms with Crippen LogP contribution < -0.4 is 5.32 Å². The average Bonchev–Trinajstić information content (AvgIpc) is 2.89. The van der Waals surface area contributed by atoms with Crippen LogP contribution in [0.25, 0.3) is 0 Å². The molecule has 2 aromatic rings. The lowest BCUT2D eigenvalue weighted by Crippen LogP contribution is -2.46. The first-order valence-corrected chi connectivity index (χ1v) is 7.96. The number of hydrogen-bond donors (Lipinski definition) is 2. The summed E-state index contributed by atoms with van der Waals surface area (Å²) in [5.74, 6) is 1.72. The number of carbonyl (C=O) groups is 1. The summed E-state index contributed by atoms with van der Waals surface area (Å²) in [5, 5.41) is 17.5. The molecule has 0 radical (unpaired) electrons. The van der Waals surface area contributed by atoms with Crippen LogP contribution in [-0.4, -0.2) is 37.9 Å². The molecule has 1 fully saturated rings. The molecule has 1 aromatic carbocycles. The predicted molar refractivity (Wildman–Crippen MR) is 86.0 cm³/mol. The van der Waals surface area contributed by atoms with E-state index < -0.39 is 6.10 Å². The minimum absolute atomic E-state index is 0.149. The molecule has 1 amide bonds. The van der Waals surface area contributed by atoms with Crippen molar-refractivity contribution in [2.75, 3.05) is 0 Å². The van der Waals surface area contributed by atoms with E-state index in [9.17, 15) is 9.90 Å². The Morgan fingerprint density at radius 3 is 2.70 bits per heavy atom. The summed E-state index contributed by atoms with van der Waals surface area (Å²) >= 11 is 0. The fourth-order valence-electron chi connectivity index (χ4n) is 3.27. The number of aliphatic hydroxyl groups excluding tert-OH is 1. The number of hydrogen-bond acceptors (Lipinski definition) is 4. The minimum Gasteiger partial charge on any atom is -0.391 e. The highest BCUT2D eigenvalue weighted by Gasteiger charge is 2.33. The Hall–Kier alpha value is -2.21. The molecule has 23 heavy (non-hydrogen) atoms. The van der Waals surface area contributed by atoms with Crippen LogP contribution in [0.15, 0.2) is 30.3 Å². The molecule has 0 spiro atoms. The first kappa shape index (κ1) is 15.7. The third kappa shape index (κ3) is 3.42. The molecular weight excluding hydrogens is 292 g/mol. The van der Waals surface area contributed by atoms with Gasteiger partial charge in [0.05, 0.1) is 12.1 Å². The van der Waals surface area contributed by atoms with Crippen molar-refractivity contribution in [3.05, 3.63) is 47.5 Å². The van der Waals surface area contributed by atoms with Gasteiger partial charge in [0.2, 0.25) is 0 Å². The van der Waals surface area contributed by atoms with Crippen molar-refractivity contribution in [3.8, 4) is 0 Å². The van der Waals surface area contributed by atoms with Crippen LogP contribution in [0.4, 0.5) is 0 Å². The second-order valence-corrected chi connectivity index (χ2v) is 6.16. The molecule has 6 heteroatoms. The number of carbonyl (C=O) groups excluding carboxylic acids is 1. The van der Waals surface area contributed by atoms with Gasteiger partial charge in [-0.05, 0) is 38.3 Å². The third-order valence-electron chi connectivity index (χ3n) is 4.43. The Kier molecular flexibility index (Phi) is 4.43. The lowest BCUT2D eigenvalue weighted by atomic mass is 9.83. The summed E-state index contributed by atoms with van der Waals surface area (Å²) in [7, 11) is 1.89. The van der Waals surface area contributed by atoms with Gasteiger partial charge in [0.1, 0.15) is 11.6 Å². The highest BCUT2D eigenvalue weighted by Crippen LogP contribution is 2.32. The van der Waals surface area contributed by atoms with E-state index in [1.807, 2.05) is 32.2 Å². The molecule has 1 saturated carbocycles. The average molecular weight is 314 g/mol. The van der Waals surface area contributed by atoms with Gasteiger partial charge >= 0.3 is 0 Å². The standard InChI is InChI=1S/C17H22N4O2/c1-11-18-16(21(2)20-11)13-8-9-15(22)14(10-13)19-17(23)12-6-4-3-5-7-12/h3-7,13-15,22H,8-10H2,1-2H3,(H,19,23)/t13-,14+,15+/m0/s1. The molecule has 0 aliphatic heterocycles. The predicted octanol–water partition coefficient (Wildman–Crippen LogP) is 1.55. The van der Waals surface area contributed by atoms with Crippen LogP contribution >= 0.6 is 0 Å². The molecule has 0 saturated heterocycles. The molecule has 2 N–H and O–H groups in total. The summed E-state index contributed by atoms with van der Waals surface area (Å²) in [5.41, 5.74) is 0.608. The Labute approximate surface area is 135 Å². The van der Waals surface area contributed by atoms with Crippen molar-refractivity contribution in [2.45, 2.75) is 44.2 Å². The van der Waals surface area contributed by atoms with E-state index in [0.29, 0.717) is 18.4 Å². The Bertz CT molecular complexity index is 683. The molecule has 1 aromatic heterocycles. The first-order valence-electron chi connectivity index (χ1n) is 7.96. The van der Waals surface area contributed by atoms with E-state index in [1.54, 1.807) is 16.8 Å². The quantitative estimate of drug-likeness (QED) is 0.901. The molecule has 0 bridgehead atoms. The number of nitrogens with zero attached hydrogens (tertiary/aromatic N) is 3. The number of aromatic nitrogens is 3. The van der Waals surface area contributed by atoms with Crippen LogP contribution in [-0.2, 0) is 7.05 Å². The van der Waals surface area contributed by atoms with E-state index >= 15 is 0 Å². The topological polar surface area (TPSA) is 80.0 Å². The van der Waals surface area contributed by atoms with Gasteiger partial charge in [-0.2, -0.15) is 5.10 Å². The molecule has 1 aliphatic carbocycles. The van der Waals surface area contributed by atoms with Gasteiger partial charge in [-0.15, -0.1) is 0 Å². The van der Waals surface area contributed by atoms with Crippen LogP contribution in [0.3, 0.4) is 0 Å². The second-order valence-electron chi connectivity index (χ2n) is 6.16. The van der Waals surface area contributed by atoms with E-state index in [2.05, 4.69) is 15.4 Å². The van der Waals surface area contributed by atoms with Crippen molar-refractivity contribution in [2.24, 2.45) is 7.05 Å². The van der Waals surface area contributed by atoms with E-state index in [0.717, 1.165) is 18.1 Å². The maximum atomic E-state index is 12.3. The van der Waals surface area contributed by atoms with Gasteiger partial charge in [-0.3, -0.25) is 9.48 Å². The van der Waals surface area contributed by atoms with Gasteiger partial charge in [-0.25, -0.2) is 4.98 Å². The molecule has 0 unspecified atom stereocenters. The Morgan fingerprint density at radius 1 is 1.30 bits per heavy atom. The van der Waals surface area contributed by atoms with Crippen molar-refractivity contribution >= 4 is 5.91 Å². The van der Waals surface area contributed by atoms with Gasteiger partial charge in [0.25, 0.3) is 5.91 Å². The maximum Gasteiger partial charge on any atom is 0.251 e. The maximum absolute atomic E-state index is 12.3. The van der Waals surface area contributed by atoms with Crippen molar-refractivity contribution < 1.29 is 9.90 Å². The molecule has 1 heterocycles. The smallest absolute Gasteiger partial charge is 0.251 e. The minimum atomic E-state index is -0.520. The zero-order chi connectivity index (χ0) is 16.4. The number of benzene rings is 1. The summed E-state index contributed by atoms with van der Waals surface area (Å²) in [6.07, 6.45) is 1.65. The van der Waals surface area contributed by atoms with Gasteiger partial charge in [0, 0.05) is 18.5 Å². The normalized spacial score (nSPS) is 24.4. The monoisotopic (exact) mass is 314 g/mol. The first-order chi connectivity index (χ1) is 11.0.